The lowest BCUT2D eigenvalue weighted by Gasteiger charge is -2.53. The molecule has 0 N–H and O–H groups in total. The zero-order valence-corrected chi connectivity index (χ0v) is 28.6. The first kappa shape index (κ1) is 35.3. The van der Waals surface area contributed by atoms with E-state index in [1.54, 1.807) is 0 Å². The van der Waals surface area contributed by atoms with Gasteiger partial charge in [0.05, 0.1) is 0 Å². The van der Waals surface area contributed by atoms with Crippen LogP contribution in [0.4, 0.5) is 0 Å². The molecule has 1 aliphatic rings. The molecule has 0 bridgehead atoms. The Balaban J connectivity index is 1.44. The first-order valence-corrected chi connectivity index (χ1v) is 18.5. The predicted octanol–water partition coefficient (Wildman–Crippen LogP) is 12.3. The highest BCUT2D eigenvalue weighted by atomic mass is 15.4. The smallest absolute Gasteiger partial charge is 0.123 e. The highest BCUT2D eigenvalue weighted by molar-refractivity contribution is 5.30. The molecular weight excluding hydrogens is 520 g/mol. The van der Waals surface area contributed by atoms with Gasteiger partial charge < -0.3 is 9.80 Å². The van der Waals surface area contributed by atoms with E-state index in [9.17, 15) is 0 Å². The van der Waals surface area contributed by atoms with Crippen LogP contribution in [0.1, 0.15) is 160 Å². The highest BCUT2D eigenvalue weighted by Crippen LogP contribution is 2.46. The van der Waals surface area contributed by atoms with Gasteiger partial charge in [0, 0.05) is 37.3 Å². The topological polar surface area (TPSA) is 6.48 Å². The summed E-state index contributed by atoms with van der Waals surface area (Å²) in [5.74, 6) is 0.428. The summed E-state index contributed by atoms with van der Waals surface area (Å²) in [6.45, 7) is 10.5. The Kier molecular flexibility index (Phi) is 17.0. The van der Waals surface area contributed by atoms with Crippen LogP contribution in [0.2, 0.25) is 0 Å². The molecular formula is C41H66N2. The summed E-state index contributed by atoms with van der Waals surface area (Å²) in [5, 5.41) is 0. The van der Waals surface area contributed by atoms with Gasteiger partial charge in [0.2, 0.25) is 0 Å². The molecule has 0 saturated carbocycles. The fourth-order valence-electron chi connectivity index (χ4n) is 7.56. The number of benzene rings is 2. The third-order valence-corrected chi connectivity index (χ3v) is 9.89. The maximum atomic E-state index is 2.73. The second-order valence-corrected chi connectivity index (χ2v) is 13.6. The Bertz CT molecular complexity index is 968. The zero-order valence-electron chi connectivity index (χ0n) is 28.6. The molecule has 0 amide bonds. The molecule has 2 aromatic rings. The van der Waals surface area contributed by atoms with Crippen molar-refractivity contribution < 1.29 is 0 Å². The van der Waals surface area contributed by atoms with E-state index < -0.39 is 0 Å². The van der Waals surface area contributed by atoms with Gasteiger partial charge in [0.15, 0.2) is 0 Å². The van der Waals surface area contributed by atoms with Gasteiger partial charge in [-0.1, -0.05) is 177 Å². The Morgan fingerprint density at radius 3 is 1.49 bits per heavy atom. The fraction of sp³-hybridized carbons (Fsp3) is 0.659. The quantitative estimate of drug-likeness (QED) is 0.113. The number of nitrogens with zero attached hydrogens (tertiary/aromatic N) is 2. The fourth-order valence-corrected chi connectivity index (χ4v) is 7.56. The van der Waals surface area contributed by atoms with Gasteiger partial charge >= 0.3 is 0 Å². The Labute approximate surface area is 267 Å². The third-order valence-electron chi connectivity index (χ3n) is 9.89. The number of hydrogen-bond acceptors (Lipinski definition) is 2. The van der Waals surface area contributed by atoms with E-state index in [0.717, 1.165) is 19.4 Å². The van der Waals surface area contributed by atoms with Crippen LogP contribution in [0.3, 0.4) is 0 Å². The Morgan fingerprint density at radius 1 is 0.558 bits per heavy atom. The minimum absolute atomic E-state index is 0.0827. The van der Waals surface area contributed by atoms with Crippen molar-refractivity contribution in [3.05, 3.63) is 84.2 Å². The van der Waals surface area contributed by atoms with Gasteiger partial charge in [-0.25, -0.2) is 0 Å². The third kappa shape index (κ3) is 11.3. The van der Waals surface area contributed by atoms with E-state index >= 15 is 0 Å². The van der Waals surface area contributed by atoms with E-state index in [-0.39, 0.29) is 5.66 Å². The van der Waals surface area contributed by atoms with E-state index in [1.165, 1.54) is 120 Å². The zero-order chi connectivity index (χ0) is 30.6. The molecule has 1 aliphatic heterocycles. The van der Waals surface area contributed by atoms with Crippen molar-refractivity contribution in [2.24, 2.45) is 0 Å². The van der Waals surface area contributed by atoms with Gasteiger partial charge in [0.25, 0.3) is 0 Å². The lowest BCUT2D eigenvalue weighted by Crippen LogP contribution is -2.60. The number of hydrogen-bond donors (Lipinski definition) is 0. The van der Waals surface area contributed by atoms with Crippen LogP contribution in [0.25, 0.3) is 0 Å². The van der Waals surface area contributed by atoms with E-state index in [0.29, 0.717) is 12.0 Å². The number of rotatable bonds is 24. The standard InChI is InChI=1S/C41H66N2/c1-5-7-8-9-10-11-12-13-14-15-16-17-18-19-20-21-28-33-42-34-35-43(37(3)4)41(42,36-38-29-24-22-25-30-38)40(6-2)39-31-26-23-27-32-39/h22-27,29-32,34-35,37,40H,5-21,28,33,36H2,1-4H3. The SMILES string of the molecule is CCCCCCCCCCCCCCCCCCCN1C=CN(C(C)C)C1(Cc1ccccc1)C(CC)c1ccccc1. The van der Waals surface area contributed by atoms with E-state index in [4.69, 9.17) is 0 Å². The molecule has 2 aromatic carbocycles. The first-order valence-electron chi connectivity index (χ1n) is 18.5. The van der Waals surface area contributed by atoms with Crippen molar-refractivity contribution in [2.45, 2.75) is 167 Å². The molecule has 3 rings (SSSR count). The molecule has 0 radical (unpaired) electrons. The van der Waals surface area contributed by atoms with Gasteiger partial charge in [-0.15, -0.1) is 0 Å². The monoisotopic (exact) mass is 587 g/mol. The van der Waals surface area contributed by atoms with Crippen molar-refractivity contribution >= 4 is 0 Å². The van der Waals surface area contributed by atoms with Crippen molar-refractivity contribution in [3.63, 3.8) is 0 Å². The second kappa shape index (κ2) is 20.7. The van der Waals surface area contributed by atoms with Crippen LogP contribution in [0.15, 0.2) is 73.1 Å². The maximum Gasteiger partial charge on any atom is 0.123 e. The molecule has 1 heterocycles. The van der Waals surface area contributed by atoms with Crippen molar-refractivity contribution in [3.8, 4) is 0 Å². The summed E-state index contributed by atoms with van der Waals surface area (Å²) >= 11 is 0. The molecule has 2 atom stereocenters. The van der Waals surface area contributed by atoms with E-state index in [1.807, 2.05) is 0 Å². The van der Waals surface area contributed by atoms with Gasteiger partial charge in [0.1, 0.15) is 5.66 Å². The van der Waals surface area contributed by atoms with Crippen LogP contribution in [0.5, 0.6) is 0 Å². The molecule has 2 nitrogen and oxygen atoms in total. The maximum absolute atomic E-state index is 2.73. The summed E-state index contributed by atoms with van der Waals surface area (Å²) in [4.78, 5) is 5.40. The normalized spacial score (nSPS) is 17.3. The van der Waals surface area contributed by atoms with Crippen LogP contribution in [0, 0.1) is 0 Å². The highest BCUT2D eigenvalue weighted by Gasteiger charge is 2.50. The summed E-state index contributed by atoms with van der Waals surface area (Å²) < 4.78 is 0. The summed E-state index contributed by atoms with van der Waals surface area (Å²) in [6.07, 6.45) is 31.1. The van der Waals surface area contributed by atoms with Gasteiger partial charge in [-0.05, 0) is 37.8 Å². The van der Waals surface area contributed by atoms with E-state index in [2.05, 4.69) is 111 Å². The summed E-state index contributed by atoms with van der Waals surface area (Å²) in [5.41, 5.74) is 2.81. The van der Waals surface area contributed by atoms with Crippen molar-refractivity contribution in [2.75, 3.05) is 6.54 Å². The summed E-state index contributed by atoms with van der Waals surface area (Å²) in [7, 11) is 0. The largest absolute Gasteiger partial charge is 0.353 e. The molecule has 0 fully saturated rings. The van der Waals surface area contributed by atoms with Gasteiger partial charge in [-0.2, -0.15) is 0 Å². The minimum atomic E-state index is -0.0827. The minimum Gasteiger partial charge on any atom is -0.353 e. The molecule has 43 heavy (non-hydrogen) atoms. The first-order chi connectivity index (χ1) is 21.1. The lowest BCUT2D eigenvalue weighted by molar-refractivity contribution is -0.0191. The second-order valence-electron chi connectivity index (χ2n) is 13.6. The van der Waals surface area contributed by atoms with Crippen LogP contribution >= 0.6 is 0 Å². The van der Waals surface area contributed by atoms with Crippen LogP contribution < -0.4 is 0 Å². The molecule has 0 saturated heterocycles. The van der Waals surface area contributed by atoms with Gasteiger partial charge in [-0.3, -0.25) is 0 Å². The molecule has 2 heteroatoms. The predicted molar refractivity (Wildman–Crippen MR) is 189 cm³/mol. The average molecular weight is 587 g/mol. The number of unbranched alkanes of at least 4 members (excludes halogenated alkanes) is 16. The van der Waals surface area contributed by atoms with Crippen LogP contribution in [-0.4, -0.2) is 28.0 Å². The lowest BCUT2D eigenvalue weighted by atomic mass is 9.77. The van der Waals surface area contributed by atoms with Crippen LogP contribution in [-0.2, 0) is 6.42 Å². The Morgan fingerprint density at radius 2 is 1.02 bits per heavy atom. The average Bonchev–Trinajstić information content (AvgIpc) is 3.38. The Hall–Kier alpha value is -2.22. The summed E-state index contributed by atoms with van der Waals surface area (Å²) in [6, 6.07) is 22.9. The molecule has 240 valence electrons. The molecule has 0 aromatic heterocycles. The molecule has 0 spiro atoms. The van der Waals surface area contributed by atoms with Crippen molar-refractivity contribution in [1.29, 1.82) is 0 Å². The molecule has 2 unspecified atom stereocenters. The van der Waals surface area contributed by atoms with Crippen molar-refractivity contribution in [1.82, 2.24) is 9.80 Å². The molecule has 0 aliphatic carbocycles.